The molecule has 0 saturated carbocycles. The maximum atomic E-state index is 4.17. The quantitative estimate of drug-likeness (QED) is 0.337. The van der Waals surface area contributed by atoms with Crippen molar-refractivity contribution in [3.8, 4) is 0 Å². The first kappa shape index (κ1) is 21.2. The third kappa shape index (κ3) is 7.99. The van der Waals surface area contributed by atoms with Gasteiger partial charge in [-0.05, 0) is 37.9 Å². The van der Waals surface area contributed by atoms with Crippen molar-refractivity contribution in [2.24, 2.45) is 0 Å². The SMILES string of the molecule is CCCCCCCCCC1(CCCn2ccnc2)SCCC(CC)S1. The van der Waals surface area contributed by atoms with Crippen LogP contribution in [0.25, 0.3) is 0 Å². The molecule has 1 aromatic heterocycles. The second-order valence-electron chi connectivity index (χ2n) is 7.47. The van der Waals surface area contributed by atoms with Crippen LogP contribution in [-0.2, 0) is 6.54 Å². The Kier molecular flexibility index (Phi) is 10.5. The number of hydrogen-bond donors (Lipinski definition) is 0. The zero-order valence-electron chi connectivity index (χ0n) is 16.4. The Morgan fingerprint density at radius 1 is 1.04 bits per heavy atom. The van der Waals surface area contributed by atoms with Crippen molar-refractivity contribution in [3.05, 3.63) is 18.7 Å². The first-order valence-electron chi connectivity index (χ1n) is 10.6. The van der Waals surface area contributed by atoms with Gasteiger partial charge in [0, 0.05) is 24.2 Å². The van der Waals surface area contributed by atoms with E-state index in [4.69, 9.17) is 0 Å². The van der Waals surface area contributed by atoms with Crippen LogP contribution in [0.2, 0.25) is 0 Å². The molecule has 2 atom stereocenters. The van der Waals surface area contributed by atoms with Gasteiger partial charge in [-0.25, -0.2) is 4.98 Å². The summed E-state index contributed by atoms with van der Waals surface area (Å²) in [4.78, 5) is 4.17. The molecule has 1 aromatic rings. The van der Waals surface area contributed by atoms with Crippen molar-refractivity contribution >= 4 is 23.5 Å². The van der Waals surface area contributed by atoms with Gasteiger partial charge in [-0.3, -0.25) is 0 Å². The van der Waals surface area contributed by atoms with Crippen molar-refractivity contribution in [2.75, 3.05) is 5.75 Å². The van der Waals surface area contributed by atoms with Crippen LogP contribution in [0.3, 0.4) is 0 Å². The van der Waals surface area contributed by atoms with E-state index in [9.17, 15) is 0 Å². The molecule has 0 bridgehead atoms. The molecule has 1 fully saturated rings. The highest BCUT2D eigenvalue weighted by Crippen LogP contribution is 2.52. The molecule has 0 aromatic carbocycles. The highest BCUT2D eigenvalue weighted by Gasteiger charge is 2.36. The van der Waals surface area contributed by atoms with Gasteiger partial charge in [0.2, 0.25) is 0 Å². The molecule has 2 rings (SSSR count). The fourth-order valence-corrected chi connectivity index (χ4v) is 7.71. The molecular weight excluding hydrogens is 344 g/mol. The van der Waals surface area contributed by atoms with E-state index in [0.29, 0.717) is 4.08 Å². The molecule has 25 heavy (non-hydrogen) atoms. The summed E-state index contributed by atoms with van der Waals surface area (Å²) in [6.07, 6.45) is 22.7. The maximum absolute atomic E-state index is 4.17. The number of hydrogen-bond acceptors (Lipinski definition) is 3. The molecule has 2 unspecified atom stereocenters. The molecule has 0 radical (unpaired) electrons. The first-order chi connectivity index (χ1) is 12.3. The number of rotatable bonds is 13. The molecule has 1 aliphatic rings. The smallest absolute Gasteiger partial charge is 0.0945 e. The van der Waals surface area contributed by atoms with E-state index in [0.717, 1.165) is 11.8 Å². The number of nitrogens with zero attached hydrogens (tertiary/aromatic N) is 2. The lowest BCUT2D eigenvalue weighted by Crippen LogP contribution is -2.29. The Bertz CT molecular complexity index is 435. The van der Waals surface area contributed by atoms with E-state index < -0.39 is 0 Å². The highest BCUT2D eigenvalue weighted by molar-refractivity contribution is 8.19. The predicted octanol–water partition coefficient (Wildman–Crippen LogP) is 7.15. The molecule has 0 spiro atoms. The summed E-state index contributed by atoms with van der Waals surface area (Å²) < 4.78 is 2.72. The van der Waals surface area contributed by atoms with E-state index >= 15 is 0 Å². The molecule has 144 valence electrons. The summed E-state index contributed by atoms with van der Waals surface area (Å²) in [6.45, 7) is 5.80. The summed E-state index contributed by atoms with van der Waals surface area (Å²) in [5.41, 5.74) is 0. The van der Waals surface area contributed by atoms with Gasteiger partial charge >= 0.3 is 0 Å². The zero-order chi connectivity index (χ0) is 17.8. The molecule has 1 saturated heterocycles. The predicted molar refractivity (Wildman–Crippen MR) is 116 cm³/mol. The van der Waals surface area contributed by atoms with Gasteiger partial charge in [-0.15, -0.1) is 23.5 Å². The van der Waals surface area contributed by atoms with Crippen LogP contribution in [0.5, 0.6) is 0 Å². The van der Waals surface area contributed by atoms with Gasteiger partial charge in [-0.2, -0.15) is 0 Å². The van der Waals surface area contributed by atoms with E-state index in [1.54, 1.807) is 0 Å². The van der Waals surface area contributed by atoms with Crippen LogP contribution in [0.1, 0.15) is 90.9 Å². The van der Waals surface area contributed by atoms with Crippen LogP contribution in [0, 0.1) is 0 Å². The average Bonchev–Trinajstić information content (AvgIpc) is 3.14. The molecule has 1 aliphatic heterocycles. The first-order valence-corrected chi connectivity index (χ1v) is 12.4. The zero-order valence-corrected chi connectivity index (χ0v) is 18.1. The van der Waals surface area contributed by atoms with Gasteiger partial charge in [0.25, 0.3) is 0 Å². The Balaban J connectivity index is 1.75. The molecule has 0 amide bonds. The van der Waals surface area contributed by atoms with E-state index in [-0.39, 0.29) is 0 Å². The van der Waals surface area contributed by atoms with Crippen LogP contribution < -0.4 is 0 Å². The summed E-state index contributed by atoms with van der Waals surface area (Å²) in [6, 6.07) is 0. The minimum absolute atomic E-state index is 0.489. The van der Waals surface area contributed by atoms with Crippen molar-refractivity contribution < 1.29 is 0 Å². The summed E-state index contributed by atoms with van der Waals surface area (Å²) in [5.74, 6) is 1.37. The average molecular weight is 383 g/mol. The van der Waals surface area contributed by atoms with Crippen LogP contribution in [-0.4, -0.2) is 24.6 Å². The number of imidazole rings is 1. The largest absolute Gasteiger partial charge is 0.337 e. The fraction of sp³-hybridized carbons (Fsp3) is 0.857. The summed E-state index contributed by atoms with van der Waals surface area (Å²) in [5, 5.41) is 0.888. The lowest BCUT2D eigenvalue weighted by atomic mass is 10.0. The monoisotopic (exact) mass is 382 g/mol. The standard InChI is InChI=1S/C21H38N2S2/c1-3-5-6-7-8-9-10-13-21(24-18-12-20(4-2)25-21)14-11-16-23-17-15-22-19-23/h15,17,19-20H,3-14,16,18H2,1-2H3. The second-order valence-corrected chi connectivity index (χ2v) is 10.9. The van der Waals surface area contributed by atoms with Crippen molar-refractivity contribution in [2.45, 2.75) is 107 Å². The lowest BCUT2D eigenvalue weighted by molar-refractivity contribution is 0.517. The molecular formula is C21H38N2S2. The van der Waals surface area contributed by atoms with Crippen LogP contribution in [0.15, 0.2) is 18.7 Å². The van der Waals surface area contributed by atoms with Crippen LogP contribution in [0.4, 0.5) is 0 Å². The minimum atomic E-state index is 0.489. The summed E-state index contributed by atoms with van der Waals surface area (Å²) >= 11 is 4.60. The number of unbranched alkanes of at least 4 members (excludes halogenated alkanes) is 6. The molecule has 2 heterocycles. The van der Waals surface area contributed by atoms with Crippen molar-refractivity contribution in [1.82, 2.24) is 9.55 Å². The van der Waals surface area contributed by atoms with E-state index in [1.165, 1.54) is 82.8 Å². The Morgan fingerprint density at radius 2 is 1.80 bits per heavy atom. The van der Waals surface area contributed by atoms with Gasteiger partial charge in [0.1, 0.15) is 0 Å². The van der Waals surface area contributed by atoms with Gasteiger partial charge < -0.3 is 4.57 Å². The van der Waals surface area contributed by atoms with Crippen molar-refractivity contribution in [1.29, 1.82) is 0 Å². The molecule has 0 aliphatic carbocycles. The third-order valence-corrected chi connectivity index (χ3v) is 9.09. The molecule has 4 heteroatoms. The normalized spacial score (nSPS) is 23.8. The third-order valence-electron chi connectivity index (χ3n) is 5.34. The van der Waals surface area contributed by atoms with Crippen LogP contribution >= 0.6 is 23.5 Å². The second kappa shape index (κ2) is 12.3. The van der Waals surface area contributed by atoms with Gasteiger partial charge in [-0.1, -0.05) is 58.8 Å². The summed E-state index contributed by atoms with van der Waals surface area (Å²) in [7, 11) is 0. The number of thioether (sulfide) groups is 2. The Labute approximate surface area is 164 Å². The molecule has 0 N–H and O–H groups in total. The topological polar surface area (TPSA) is 17.8 Å². The Morgan fingerprint density at radius 3 is 2.52 bits per heavy atom. The highest BCUT2D eigenvalue weighted by atomic mass is 32.2. The fourth-order valence-electron chi connectivity index (χ4n) is 3.75. The van der Waals surface area contributed by atoms with Gasteiger partial charge in [0.15, 0.2) is 0 Å². The van der Waals surface area contributed by atoms with E-state index in [1.807, 2.05) is 12.5 Å². The maximum Gasteiger partial charge on any atom is 0.0945 e. The van der Waals surface area contributed by atoms with Gasteiger partial charge in [0.05, 0.1) is 10.4 Å². The number of aromatic nitrogens is 2. The number of aryl methyl sites for hydroxylation is 1. The molecule has 2 nitrogen and oxygen atoms in total. The Hall–Kier alpha value is -0.0900. The van der Waals surface area contributed by atoms with Crippen molar-refractivity contribution in [3.63, 3.8) is 0 Å². The minimum Gasteiger partial charge on any atom is -0.337 e. The van der Waals surface area contributed by atoms with E-state index in [2.05, 4.69) is 53.1 Å². The lowest BCUT2D eigenvalue weighted by Gasteiger charge is -2.40.